The molecule has 0 saturated carbocycles. The van der Waals surface area contributed by atoms with Crippen molar-refractivity contribution in [2.24, 2.45) is 11.5 Å². The maximum atomic E-state index is 14.1. The molecule has 2 unspecified atom stereocenters. The molecule has 0 aromatic heterocycles. The normalized spacial score (nSPS) is 14.7. The molecule has 4 rings (SSSR count). The fourth-order valence-electron chi connectivity index (χ4n) is 7.62. The van der Waals surface area contributed by atoms with Crippen LogP contribution in [-0.4, -0.2) is 35.6 Å². The van der Waals surface area contributed by atoms with Crippen LogP contribution in [0.1, 0.15) is 85.0 Å². The van der Waals surface area contributed by atoms with E-state index in [1.807, 2.05) is 39.8 Å². The number of halogens is 8. The van der Waals surface area contributed by atoms with Gasteiger partial charge in [-0.15, -0.1) is 0 Å². The van der Waals surface area contributed by atoms with Crippen LogP contribution in [0.15, 0.2) is 72.8 Å². The van der Waals surface area contributed by atoms with Gasteiger partial charge in [0.15, 0.2) is 0 Å². The van der Waals surface area contributed by atoms with Crippen molar-refractivity contribution in [2.75, 3.05) is 7.11 Å². The third-order valence-corrected chi connectivity index (χ3v) is 9.82. The molecule has 0 saturated heterocycles. The van der Waals surface area contributed by atoms with Crippen molar-refractivity contribution < 1.29 is 45.0 Å². The first-order valence-corrected chi connectivity index (χ1v) is 17.7. The summed E-state index contributed by atoms with van der Waals surface area (Å²) in [6, 6.07) is 17.7. The topological polar surface area (TPSA) is 81.5 Å². The second-order valence-electron chi connectivity index (χ2n) is 16.3. The molecule has 0 aliphatic rings. The molecule has 12 heteroatoms. The first-order valence-electron chi connectivity index (χ1n) is 17.7. The summed E-state index contributed by atoms with van der Waals surface area (Å²) in [6.45, 7) is 13.6. The summed E-state index contributed by atoms with van der Waals surface area (Å²) in [7, 11) is 1.40. The van der Waals surface area contributed by atoms with E-state index in [-0.39, 0.29) is 17.7 Å². The van der Waals surface area contributed by atoms with Crippen LogP contribution in [0.4, 0.5) is 35.1 Å². The number of phenols is 1. The molecule has 4 nitrogen and oxygen atoms in total. The van der Waals surface area contributed by atoms with Crippen LogP contribution in [0.2, 0.25) is 0 Å². The Morgan fingerprint density at radius 3 is 1.25 bits per heavy atom. The number of phenolic OH excluding ortho intramolecular Hbond substituents is 1. The Balaban J connectivity index is 0.000000296. The molecule has 4 aromatic rings. The zero-order chi connectivity index (χ0) is 41.9. The van der Waals surface area contributed by atoms with Gasteiger partial charge in [-0.05, 0) is 112 Å². The van der Waals surface area contributed by atoms with Crippen molar-refractivity contribution in [3.05, 3.63) is 129 Å². The second-order valence-corrected chi connectivity index (χ2v) is 16.3. The minimum Gasteiger partial charge on any atom is -0.508 e. The molecule has 0 aliphatic heterocycles. The molecule has 2 atom stereocenters. The zero-order valence-corrected chi connectivity index (χ0v) is 32.8. The monoisotopic (exact) mass is 780 g/mol. The number of rotatable bonds is 11. The van der Waals surface area contributed by atoms with Crippen molar-refractivity contribution in [1.29, 1.82) is 0 Å². The largest absolute Gasteiger partial charge is 0.508 e. The lowest BCUT2D eigenvalue weighted by Crippen LogP contribution is -2.58. The van der Waals surface area contributed by atoms with E-state index in [0.29, 0.717) is 22.4 Å². The van der Waals surface area contributed by atoms with Gasteiger partial charge < -0.3 is 21.3 Å². The van der Waals surface area contributed by atoms with E-state index in [2.05, 4.69) is 0 Å². The molecule has 302 valence electrons. The lowest BCUT2D eigenvalue weighted by atomic mass is 9.71. The average molecular weight is 781 g/mol. The highest BCUT2D eigenvalue weighted by Gasteiger charge is 2.55. The van der Waals surface area contributed by atoms with Gasteiger partial charge in [0, 0.05) is 11.1 Å². The smallest absolute Gasteiger partial charge is 0.406 e. The Labute approximate surface area is 318 Å². The first-order chi connectivity index (χ1) is 25.0. The lowest BCUT2D eigenvalue weighted by molar-refractivity contribution is -0.191. The van der Waals surface area contributed by atoms with Gasteiger partial charge in [-0.1, -0.05) is 86.3 Å². The average Bonchev–Trinajstić information content (AvgIpc) is 2.99. The Morgan fingerprint density at radius 1 is 0.545 bits per heavy atom. The molecule has 4 aromatic carbocycles. The molecule has 0 amide bonds. The minimum absolute atomic E-state index is 0.0991. The fraction of sp³-hybridized carbons (Fsp3) is 0.442. The Hall–Kier alpha value is -4.16. The van der Waals surface area contributed by atoms with Crippen molar-refractivity contribution >= 4 is 0 Å². The van der Waals surface area contributed by atoms with E-state index in [9.17, 15) is 40.2 Å². The van der Waals surface area contributed by atoms with Crippen molar-refractivity contribution in [1.82, 2.24) is 0 Å². The number of benzene rings is 4. The number of hydrogen-bond donors (Lipinski definition) is 3. The minimum atomic E-state index is -4.68. The Kier molecular flexibility index (Phi) is 13.6. The predicted molar refractivity (Wildman–Crippen MR) is 201 cm³/mol. The molecule has 0 radical (unpaired) electrons. The van der Waals surface area contributed by atoms with E-state index in [4.69, 9.17) is 16.2 Å². The number of methoxy groups -OCH3 is 1. The highest BCUT2D eigenvalue weighted by atomic mass is 19.4. The van der Waals surface area contributed by atoms with E-state index < -0.39 is 65.2 Å². The molecular weight excluding hydrogens is 728 g/mol. The molecule has 0 fully saturated rings. The summed E-state index contributed by atoms with van der Waals surface area (Å²) in [5, 5.41) is 10.0. The fourth-order valence-corrected chi connectivity index (χ4v) is 7.62. The summed E-state index contributed by atoms with van der Waals surface area (Å²) < 4.78 is 117. The molecule has 0 heterocycles. The molecule has 0 bridgehead atoms. The molecule has 55 heavy (non-hydrogen) atoms. The number of ether oxygens (including phenoxy) is 1. The number of nitrogens with two attached hydrogens (primary N) is 2. The van der Waals surface area contributed by atoms with Gasteiger partial charge >= 0.3 is 12.4 Å². The molecular formula is C43H52F8N2O2. The van der Waals surface area contributed by atoms with Crippen LogP contribution in [0.3, 0.4) is 0 Å². The maximum absolute atomic E-state index is 14.1. The summed E-state index contributed by atoms with van der Waals surface area (Å²) in [4.78, 5) is 0. The third-order valence-electron chi connectivity index (χ3n) is 9.82. The number of aryl methyl sites for hydroxylation is 4. The van der Waals surface area contributed by atoms with Gasteiger partial charge in [0.25, 0.3) is 0 Å². The van der Waals surface area contributed by atoms with Crippen LogP contribution in [-0.2, 0) is 23.7 Å². The van der Waals surface area contributed by atoms with Gasteiger partial charge in [-0.25, -0.2) is 8.78 Å². The van der Waals surface area contributed by atoms with E-state index in [1.54, 1.807) is 38.1 Å². The Bertz CT molecular complexity index is 1910. The van der Waals surface area contributed by atoms with Crippen molar-refractivity contribution in [3.8, 4) is 11.5 Å². The highest BCUT2D eigenvalue weighted by molar-refractivity contribution is 5.41. The molecule has 5 N–H and O–H groups in total. The van der Waals surface area contributed by atoms with E-state index in [1.165, 1.54) is 39.2 Å². The predicted octanol–water partition coefficient (Wildman–Crippen LogP) is 10.9. The van der Waals surface area contributed by atoms with Crippen LogP contribution >= 0.6 is 0 Å². The summed E-state index contributed by atoms with van der Waals surface area (Å²) in [5.74, 6) is -1.08. The van der Waals surface area contributed by atoms with Gasteiger partial charge in [0.05, 0.1) is 7.11 Å². The van der Waals surface area contributed by atoms with Gasteiger partial charge in [0.1, 0.15) is 34.2 Å². The van der Waals surface area contributed by atoms with Crippen LogP contribution in [0.5, 0.6) is 11.5 Å². The third kappa shape index (κ3) is 11.4. The standard InChI is InChI=1S/C22H27F4NO.C21H25F4NO/c1-14-8-15(2)10-16(9-14)12-21(27,22(24,25)26)13-20(3,4)18-11-17(23)6-7-19(18)28-5;1-13-7-14(2)9-15(8-13)11-20(26,21(23,24)25)12-19(3,4)17-10-16(22)5-6-18(17)27/h6-11H,12-13,27H2,1-5H3;5-10,27H,11-12,26H2,1-4H3. The number of alkyl halides is 6. The highest BCUT2D eigenvalue weighted by Crippen LogP contribution is 2.45. The zero-order valence-electron chi connectivity index (χ0n) is 32.8. The van der Waals surface area contributed by atoms with Gasteiger partial charge in [-0.2, -0.15) is 26.3 Å². The van der Waals surface area contributed by atoms with E-state index >= 15 is 0 Å². The second kappa shape index (κ2) is 16.5. The van der Waals surface area contributed by atoms with Crippen molar-refractivity contribution in [3.63, 3.8) is 0 Å². The van der Waals surface area contributed by atoms with E-state index in [0.717, 1.165) is 40.5 Å². The molecule has 0 aliphatic carbocycles. The SMILES string of the molecule is COc1ccc(F)cc1C(C)(C)CC(N)(Cc1cc(C)cc(C)c1)C(F)(F)F.Cc1cc(C)cc(CC(N)(CC(C)(C)c2cc(F)ccc2O)C(F)(F)F)c1. The van der Waals surface area contributed by atoms with Gasteiger partial charge in [0.2, 0.25) is 0 Å². The van der Waals surface area contributed by atoms with Crippen molar-refractivity contribution in [2.45, 2.75) is 115 Å². The maximum Gasteiger partial charge on any atom is 0.406 e. The summed E-state index contributed by atoms with van der Waals surface area (Å²) >= 11 is 0. The van der Waals surface area contributed by atoms with Crippen LogP contribution in [0, 0.1) is 39.3 Å². The van der Waals surface area contributed by atoms with Crippen LogP contribution in [0.25, 0.3) is 0 Å². The first kappa shape index (κ1) is 45.2. The number of hydrogen-bond acceptors (Lipinski definition) is 4. The Morgan fingerprint density at radius 2 is 0.891 bits per heavy atom. The van der Waals surface area contributed by atoms with Gasteiger partial charge in [-0.3, -0.25) is 0 Å². The molecule has 0 spiro atoms. The lowest BCUT2D eigenvalue weighted by Gasteiger charge is -2.39. The quantitative estimate of drug-likeness (QED) is 0.132. The number of aromatic hydroxyl groups is 1. The summed E-state index contributed by atoms with van der Waals surface area (Å²) in [5.41, 5.74) is 9.59. The summed E-state index contributed by atoms with van der Waals surface area (Å²) in [6.07, 6.45) is -11.0. The van der Waals surface area contributed by atoms with Crippen LogP contribution < -0.4 is 16.2 Å².